The van der Waals surface area contributed by atoms with Crippen LogP contribution in [0.3, 0.4) is 0 Å². The molecule has 0 aliphatic carbocycles. The number of carbonyl (C=O) groups is 2. The molecule has 9 heteroatoms. The second kappa shape index (κ2) is 12.0. The smallest absolute Gasteiger partial charge is 0.270 e. The molecule has 1 heterocycles. The molecule has 1 aliphatic heterocycles. The zero-order chi connectivity index (χ0) is 28.1. The normalized spacial score (nSPS) is 14.2. The predicted molar refractivity (Wildman–Crippen MR) is 158 cm³/mol. The number of anilines is 1. The molecular formula is C31H23ClN2O5S. The molecule has 0 bridgehead atoms. The molecule has 7 nitrogen and oxygen atoms in total. The molecule has 0 aromatic heterocycles. The van der Waals surface area contributed by atoms with Crippen molar-refractivity contribution in [1.82, 2.24) is 5.32 Å². The molecule has 0 atom stereocenters. The second-order valence-corrected chi connectivity index (χ2v) is 9.50. The lowest BCUT2D eigenvalue weighted by Crippen LogP contribution is -2.54. The highest BCUT2D eigenvalue weighted by Crippen LogP contribution is 2.28. The zero-order valence-electron chi connectivity index (χ0n) is 21.3. The largest absolute Gasteiger partial charge is 0.496 e. The lowest BCUT2D eigenvalue weighted by molar-refractivity contribution is -0.122. The topological polar surface area (TPSA) is 77.1 Å². The van der Waals surface area contributed by atoms with Crippen LogP contribution in [0.15, 0.2) is 103 Å². The first-order valence-electron chi connectivity index (χ1n) is 12.2. The van der Waals surface area contributed by atoms with E-state index >= 15 is 0 Å². The maximum absolute atomic E-state index is 13.5. The van der Waals surface area contributed by atoms with Gasteiger partial charge in [-0.05, 0) is 96.7 Å². The average molecular weight is 571 g/mol. The molecule has 1 saturated heterocycles. The average Bonchev–Trinajstić information content (AvgIpc) is 2.96. The SMILES string of the molecule is COc1ccc(C=C2C(=O)NC(=S)N(c3ccc(Oc4ccccc4)cc3)C2=O)cc1COc1ccc(Cl)cc1. The number of para-hydroxylation sites is 1. The Morgan fingerprint density at radius 3 is 2.25 bits per heavy atom. The van der Waals surface area contributed by atoms with Gasteiger partial charge in [0.05, 0.1) is 12.8 Å². The summed E-state index contributed by atoms with van der Waals surface area (Å²) in [6.45, 7) is 0.204. The van der Waals surface area contributed by atoms with Crippen molar-refractivity contribution in [2.24, 2.45) is 0 Å². The third kappa shape index (κ3) is 6.14. The molecule has 2 amide bonds. The fourth-order valence-electron chi connectivity index (χ4n) is 4.04. The molecule has 4 aromatic rings. The number of benzene rings is 4. The summed E-state index contributed by atoms with van der Waals surface area (Å²) < 4.78 is 17.2. The van der Waals surface area contributed by atoms with Crippen molar-refractivity contribution in [2.45, 2.75) is 6.61 Å². The summed E-state index contributed by atoms with van der Waals surface area (Å²) in [5.41, 5.74) is 1.78. The molecule has 1 fully saturated rings. The van der Waals surface area contributed by atoms with Crippen LogP contribution >= 0.6 is 23.8 Å². The number of halogens is 1. The Morgan fingerprint density at radius 2 is 1.55 bits per heavy atom. The Kier molecular flexibility index (Phi) is 8.10. The van der Waals surface area contributed by atoms with Gasteiger partial charge in [0.2, 0.25) is 0 Å². The van der Waals surface area contributed by atoms with Crippen LogP contribution in [-0.4, -0.2) is 24.0 Å². The summed E-state index contributed by atoms with van der Waals surface area (Å²) in [5, 5.41) is 3.22. The Labute approximate surface area is 241 Å². The second-order valence-electron chi connectivity index (χ2n) is 8.68. The van der Waals surface area contributed by atoms with Gasteiger partial charge in [0.1, 0.15) is 35.2 Å². The minimum atomic E-state index is -0.579. The van der Waals surface area contributed by atoms with Crippen LogP contribution in [-0.2, 0) is 16.2 Å². The van der Waals surface area contributed by atoms with Gasteiger partial charge < -0.3 is 14.2 Å². The third-order valence-corrected chi connectivity index (χ3v) is 6.54. The van der Waals surface area contributed by atoms with Crippen molar-refractivity contribution in [3.63, 3.8) is 0 Å². The number of methoxy groups -OCH3 is 1. The predicted octanol–water partition coefficient (Wildman–Crippen LogP) is 6.55. The minimum Gasteiger partial charge on any atom is -0.496 e. The van der Waals surface area contributed by atoms with Crippen molar-refractivity contribution < 1.29 is 23.8 Å². The molecule has 200 valence electrons. The Bertz CT molecular complexity index is 1590. The quantitative estimate of drug-likeness (QED) is 0.147. The molecule has 0 saturated carbocycles. The number of ether oxygens (including phenoxy) is 3. The van der Waals surface area contributed by atoms with E-state index in [0.717, 1.165) is 5.56 Å². The standard InChI is InChI=1S/C31H23ClN2O5S/c1-37-28-16-7-20(17-21(28)19-38-24-12-8-22(32)9-13-24)18-27-29(35)33-31(40)34(30(27)36)23-10-14-26(15-11-23)39-25-5-3-2-4-6-25/h2-18H,19H2,1H3,(H,33,35,40). The lowest BCUT2D eigenvalue weighted by Gasteiger charge is -2.29. The van der Waals surface area contributed by atoms with Crippen molar-refractivity contribution >= 4 is 52.5 Å². The number of carbonyl (C=O) groups excluding carboxylic acids is 2. The Hall–Kier alpha value is -4.66. The minimum absolute atomic E-state index is 0.00402. The highest BCUT2D eigenvalue weighted by Gasteiger charge is 2.34. The van der Waals surface area contributed by atoms with E-state index in [0.29, 0.717) is 39.3 Å². The molecule has 1 aliphatic rings. The van der Waals surface area contributed by atoms with Crippen molar-refractivity contribution in [3.8, 4) is 23.0 Å². The van der Waals surface area contributed by atoms with Gasteiger partial charge in [-0.25, -0.2) is 0 Å². The van der Waals surface area contributed by atoms with Gasteiger partial charge in [0.25, 0.3) is 11.8 Å². The van der Waals surface area contributed by atoms with Crippen LogP contribution in [0.1, 0.15) is 11.1 Å². The summed E-state index contributed by atoms with van der Waals surface area (Å²) in [4.78, 5) is 27.6. The molecule has 1 N–H and O–H groups in total. The van der Waals surface area contributed by atoms with E-state index in [1.54, 1.807) is 73.8 Å². The summed E-state index contributed by atoms with van der Waals surface area (Å²) in [7, 11) is 1.56. The van der Waals surface area contributed by atoms with Gasteiger partial charge in [-0.2, -0.15) is 0 Å². The molecule has 0 radical (unpaired) electrons. The molecule has 5 rings (SSSR count). The molecule has 0 spiro atoms. The lowest BCUT2D eigenvalue weighted by atomic mass is 10.0. The van der Waals surface area contributed by atoms with Gasteiger partial charge in [0.15, 0.2) is 5.11 Å². The monoisotopic (exact) mass is 570 g/mol. The molecular weight excluding hydrogens is 548 g/mol. The van der Waals surface area contributed by atoms with Crippen LogP contribution in [0.2, 0.25) is 5.02 Å². The summed E-state index contributed by atoms with van der Waals surface area (Å²) >= 11 is 11.3. The van der Waals surface area contributed by atoms with E-state index in [4.69, 9.17) is 38.0 Å². The summed E-state index contributed by atoms with van der Waals surface area (Å²) in [5.74, 6) is 1.41. The first kappa shape index (κ1) is 26.9. The number of hydrogen-bond acceptors (Lipinski definition) is 6. The van der Waals surface area contributed by atoms with Crippen LogP contribution < -0.4 is 24.4 Å². The van der Waals surface area contributed by atoms with Gasteiger partial charge >= 0.3 is 0 Å². The Morgan fingerprint density at radius 1 is 0.875 bits per heavy atom. The number of amides is 2. The van der Waals surface area contributed by atoms with Crippen LogP contribution in [0.5, 0.6) is 23.0 Å². The number of nitrogens with zero attached hydrogens (tertiary/aromatic N) is 1. The van der Waals surface area contributed by atoms with E-state index in [1.165, 1.54) is 11.0 Å². The first-order valence-corrected chi connectivity index (χ1v) is 13.0. The maximum atomic E-state index is 13.5. The molecule has 40 heavy (non-hydrogen) atoms. The van der Waals surface area contributed by atoms with Gasteiger partial charge in [-0.3, -0.25) is 19.8 Å². The number of rotatable bonds is 8. The Balaban J connectivity index is 1.37. The highest BCUT2D eigenvalue weighted by molar-refractivity contribution is 7.80. The van der Waals surface area contributed by atoms with Crippen molar-refractivity contribution in [1.29, 1.82) is 0 Å². The first-order chi connectivity index (χ1) is 19.4. The number of thiocarbonyl (C=S) groups is 1. The van der Waals surface area contributed by atoms with Gasteiger partial charge in [0, 0.05) is 10.6 Å². The van der Waals surface area contributed by atoms with E-state index < -0.39 is 11.8 Å². The van der Waals surface area contributed by atoms with Crippen LogP contribution in [0, 0.1) is 0 Å². The number of nitrogens with one attached hydrogen (secondary N) is 1. The summed E-state index contributed by atoms with van der Waals surface area (Å²) in [6.07, 6.45) is 1.52. The third-order valence-electron chi connectivity index (χ3n) is 6.00. The molecule has 0 unspecified atom stereocenters. The molecule has 4 aromatic carbocycles. The zero-order valence-corrected chi connectivity index (χ0v) is 22.9. The fraction of sp³-hybridized carbons (Fsp3) is 0.0645. The van der Waals surface area contributed by atoms with E-state index in [-0.39, 0.29) is 17.3 Å². The highest BCUT2D eigenvalue weighted by atomic mass is 35.5. The van der Waals surface area contributed by atoms with Crippen molar-refractivity contribution in [2.75, 3.05) is 12.0 Å². The van der Waals surface area contributed by atoms with E-state index in [9.17, 15) is 9.59 Å². The van der Waals surface area contributed by atoms with E-state index in [2.05, 4.69) is 5.32 Å². The number of hydrogen-bond donors (Lipinski definition) is 1. The van der Waals surface area contributed by atoms with Gasteiger partial charge in [-0.1, -0.05) is 35.9 Å². The van der Waals surface area contributed by atoms with Crippen LogP contribution in [0.4, 0.5) is 5.69 Å². The van der Waals surface area contributed by atoms with Gasteiger partial charge in [-0.15, -0.1) is 0 Å². The van der Waals surface area contributed by atoms with Crippen molar-refractivity contribution in [3.05, 3.63) is 119 Å². The maximum Gasteiger partial charge on any atom is 0.270 e. The van der Waals surface area contributed by atoms with E-state index in [1.807, 2.05) is 30.3 Å². The van der Waals surface area contributed by atoms with Crippen LogP contribution in [0.25, 0.3) is 6.08 Å². The summed E-state index contributed by atoms with van der Waals surface area (Å²) in [6, 6.07) is 28.5. The fourth-order valence-corrected chi connectivity index (χ4v) is 4.45.